The molecule has 1 aliphatic heterocycles. The van der Waals surface area contributed by atoms with Gasteiger partial charge in [-0.05, 0) is 61.6 Å². The number of hydrogen-bond donors (Lipinski definition) is 1. The van der Waals surface area contributed by atoms with Crippen LogP contribution in [0.4, 0.5) is 0 Å². The standard InChI is InChI=1S/C32H40N2O7/c1-5-41-31(37)32-17-9-7-6-8-10-28(32)34(21-22-11-14-24(38-2)15-12-22)30(36)25(32)19-29(35)33-20-23-13-16-26(39-3)27(18-23)40-4/h10-16,18,25H,5-9,17,19-21H2,1-4H3,(H,33,35)/b28-10+/t25-,32+/m1/s1. The molecule has 1 fully saturated rings. The molecule has 0 unspecified atom stereocenters. The van der Waals surface area contributed by atoms with Crippen LogP contribution in [0.5, 0.6) is 17.2 Å². The van der Waals surface area contributed by atoms with Crippen LogP contribution in [0.2, 0.25) is 0 Å². The Kier molecular flexibility index (Phi) is 9.91. The minimum Gasteiger partial charge on any atom is -0.497 e. The molecule has 1 saturated heterocycles. The normalized spacial score (nSPS) is 21.6. The summed E-state index contributed by atoms with van der Waals surface area (Å²) in [6, 6.07) is 12.9. The van der Waals surface area contributed by atoms with E-state index in [1.54, 1.807) is 45.3 Å². The van der Waals surface area contributed by atoms with Gasteiger partial charge in [0.05, 0.1) is 40.4 Å². The Morgan fingerprint density at radius 3 is 2.37 bits per heavy atom. The van der Waals surface area contributed by atoms with Crippen LogP contribution in [0, 0.1) is 11.3 Å². The molecule has 1 heterocycles. The van der Waals surface area contributed by atoms with Gasteiger partial charge in [0.25, 0.3) is 0 Å². The van der Waals surface area contributed by atoms with Gasteiger partial charge in [-0.3, -0.25) is 14.4 Å². The van der Waals surface area contributed by atoms with Crippen LogP contribution in [-0.2, 0) is 32.2 Å². The number of rotatable bonds is 11. The minimum absolute atomic E-state index is 0.124. The van der Waals surface area contributed by atoms with Gasteiger partial charge in [0, 0.05) is 18.7 Å². The number of methoxy groups -OCH3 is 3. The molecule has 9 nitrogen and oxygen atoms in total. The highest BCUT2D eigenvalue weighted by Gasteiger charge is 2.61. The number of carbonyl (C=O) groups excluding carboxylic acids is 3. The fraction of sp³-hybridized carbons (Fsp3) is 0.469. The van der Waals surface area contributed by atoms with Crippen molar-refractivity contribution in [1.82, 2.24) is 10.2 Å². The zero-order valence-electron chi connectivity index (χ0n) is 24.4. The summed E-state index contributed by atoms with van der Waals surface area (Å²) < 4.78 is 21.6. The predicted molar refractivity (Wildman–Crippen MR) is 153 cm³/mol. The third-order valence-corrected chi connectivity index (χ3v) is 7.99. The SMILES string of the molecule is CCOC(=O)[C@]12CCCCC/C=C\1N(Cc1ccc(OC)cc1)C(=O)[C@H]2CC(=O)NCc1ccc(OC)c(OC)c1. The van der Waals surface area contributed by atoms with Crippen molar-refractivity contribution in [3.63, 3.8) is 0 Å². The van der Waals surface area contributed by atoms with Crippen LogP contribution >= 0.6 is 0 Å². The van der Waals surface area contributed by atoms with E-state index < -0.39 is 17.3 Å². The van der Waals surface area contributed by atoms with Crippen LogP contribution in [-0.4, -0.2) is 50.6 Å². The van der Waals surface area contributed by atoms with Crippen LogP contribution in [0.3, 0.4) is 0 Å². The summed E-state index contributed by atoms with van der Waals surface area (Å²) >= 11 is 0. The topological polar surface area (TPSA) is 103 Å². The average Bonchev–Trinajstić information content (AvgIpc) is 3.18. The Hall–Kier alpha value is -4.01. The first-order chi connectivity index (χ1) is 19.9. The van der Waals surface area contributed by atoms with E-state index in [0.717, 1.165) is 42.6 Å². The lowest BCUT2D eigenvalue weighted by atomic mass is 9.69. The van der Waals surface area contributed by atoms with Crippen molar-refractivity contribution < 1.29 is 33.3 Å². The highest BCUT2D eigenvalue weighted by atomic mass is 16.5. The fourth-order valence-electron chi connectivity index (χ4n) is 5.89. The molecule has 41 heavy (non-hydrogen) atoms. The van der Waals surface area contributed by atoms with Crippen molar-refractivity contribution >= 4 is 17.8 Å². The molecule has 0 spiro atoms. The number of nitrogens with one attached hydrogen (secondary N) is 1. The van der Waals surface area contributed by atoms with Crippen molar-refractivity contribution in [2.45, 2.75) is 58.5 Å². The van der Waals surface area contributed by atoms with Gasteiger partial charge in [-0.25, -0.2) is 0 Å². The van der Waals surface area contributed by atoms with Crippen molar-refractivity contribution in [3.8, 4) is 17.2 Å². The molecule has 1 N–H and O–H groups in total. The van der Waals surface area contributed by atoms with Gasteiger partial charge in [-0.1, -0.05) is 37.1 Å². The molecule has 0 bridgehead atoms. The number of ether oxygens (including phenoxy) is 4. The van der Waals surface area contributed by atoms with Crippen molar-refractivity contribution in [1.29, 1.82) is 0 Å². The van der Waals surface area contributed by atoms with E-state index >= 15 is 0 Å². The number of fused-ring (bicyclic) bond motifs is 1. The highest BCUT2D eigenvalue weighted by Crippen LogP contribution is 2.53. The number of hydrogen-bond acceptors (Lipinski definition) is 7. The second kappa shape index (κ2) is 13.6. The summed E-state index contributed by atoms with van der Waals surface area (Å²) in [6.45, 7) is 2.49. The number of carbonyl (C=O) groups is 3. The van der Waals surface area contributed by atoms with Gasteiger partial charge in [0.2, 0.25) is 11.8 Å². The van der Waals surface area contributed by atoms with Crippen LogP contribution in [0.1, 0.15) is 56.6 Å². The average molecular weight is 565 g/mol. The Morgan fingerprint density at radius 2 is 1.68 bits per heavy atom. The monoisotopic (exact) mass is 564 g/mol. The van der Waals surface area contributed by atoms with Crippen molar-refractivity contribution in [3.05, 3.63) is 65.4 Å². The van der Waals surface area contributed by atoms with E-state index in [0.29, 0.717) is 30.2 Å². The predicted octanol–water partition coefficient (Wildman–Crippen LogP) is 4.77. The lowest BCUT2D eigenvalue weighted by molar-refractivity contribution is -0.158. The van der Waals surface area contributed by atoms with E-state index in [1.165, 1.54) is 0 Å². The Morgan fingerprint density at radius 1 is 0.951 bits per heavy atom. The maximum atomic E-state index is 14.1. The van der Waals surface area contributed by atoms with Gasteiger partial charge in [0.1, 0.15) is 11.2 Å². The van der Waals surface area contributed by atoms with Gasteiger partial charge >= 0.3 is 5.97 Å². The number of likely N-dealkylation sites (tertiary alicyclic amines) is 1. The van der Waals surface area contributed by atoms with E-state index in [2.05, 4.69) is 5.32 Å². The molecular formula is C32H40N2O7. The van der Waals surface area contributed by atoms with Crippen molar-refractivity contribution in [2.75, 3.05) is 27.9 Å². The second-order valence-corrected chi connectivity index (χ2v) is 10.4. The van der Waals surface area contributed by atoms with Gasteiger partial charge in [0.15, 0.2) is 11.5 Å². The first-order valence-electron chi connectivity index (χ1n) is 14.2. The molecule has 2 aromatic carbocycles. The molecule has 220 valence electrons. The Bertz CT molecular complexity index is 1270. The molecule has 1 aliphatic carbocycles. The van der Waals surface area contributed by atoms with E-state index in [1.807, 2.05) is 36.4 Å². The molecule has 0 radical (unpaired) electrons. The first kappa shape index (κ1) is 30.0. The van der Waals surface area contributed by atoms with E-state index in [9.17, 15) is 14.4 Å². The van der Waals surface area contributed by atoms with E-state index in [4.69, 9.17) is 18.9 Å². The molecule has 2 aliphatic rings. The quantitative estimate of drug-likeness (QED) is 0.392. The van der Waals surface area contributed by atoms with Crippen LogP contribution in [0.25, 0.3) is 0 Å². The molecule has 0 aromatic heterocycles. The lowest BCUT2D eigenvalue weighted by Gasteiger charge is -2.34. The lowest BCUT2D eigenvalue weighted by Crippen LogP contribution is -2.42. The first-order valence-corrected chi connectivity index (χ1v) is 14.2. The molecule has 4 rings (SSSR count). The maximum absolute atomic E-state index is 14.1. The summed E-state index contributed by atoms with van der Waals surface area (Å²) in [6.07, 6.45) is 5.78. The number of nitrogens with zero attached hydrogens (tertiary/aromatic N) is 1. The second-order valence-electron chi connectivity index (χ2n) is 10.4. The fourth-order valence-corrected chi connectivity index (χ4v) is 5.89. The molecule has 0 saturated carbocycles. The summed E-state index contributed by atoms with van der Waals surface area (Å²) in [5, 5.41) is 2.93. The largest absolute Gasteiger partial charge is 0.497 e. The number of amides is 2. The number of allylic oxidation sites excluding steroid dienone is 1. The Labute approximate surface area is 241 Å². The van der Waals surface area contributed by atoms with Gasteiger partial charge in [-0.15, -0.1) is 0 Å². The zero-order valence-corrected chi connectivity index (χ0v) is 24.4. The summed E-state index contributed by atoms with van der Waals surface area (Å²) in [5.41, 5.74) is 1.18. The van der Waals surface area contributed by atoms with Gasteiger partial charge < -0.3 is 29.2 Å². The number of benzene rings is 2. The maximum Gasteiger partial charge on any atom is 0.318 e. The van der Waals surface area contributed by atoms with Crippen LogP contribution in [0.15, 0.2) is 54.2 Å². The summed E-state index contributed by atoms with van der Waals surface area (Å²) in [4.78, 5) is 43.0. The summed E-state index contributed by atoms with van der Waals surface area (Å²) in [5.74, 6) is 0.0290. The minimum atomic E-state index is -1.21. The number of esters is 1. The third-order valence-electron chi connectivity index (χ3n) is 7.99. The molecular weight excluding hydrogens is 524 g/mol. The third kappa shape index (κ3) is 6.34. The molecule has 2 aromatic rings. The zero-order chi connectivity index (χ0) is 29.4. The molecule has 2 atom stereocenters. The molecule has 9 heteroatoms. The van der Waals surface area contributed by atoms with Crippen LogP contribution < -0.4 is 19.5 Å². The van der Waals surface area contributed by atoms with Gasteiger partial charge in [-0.2, -0.15) is 0 Å². The highest BCUT2D eigenvalue weighted by molar-refractivity contribution is 5.98. The summed E-state index contributed by atoms with van der Waals surface area (Å²) in [7, 11) is 4.72. The van der Waals surface area contributed by atoms with E-state index in [-0.39, 0.29) is 31.4 Å². The Balaban J connectivity index is 1.63. The van der Waals surface area contributed by atoms with Crippen molar-refractivity contribution in [2.24, 2.45) is 11.3 Å². The molecule has 2 amide bonds. The smallest absolute Gasteiger partial charge is 0.318 e.